The summed E-state index contributed by atoms with van der Waals surface area (Å²) in [5.41, 5.74) is -0.0891. The largest absolute Gasteiger partial charge is 0.476 e. The highest BCUT2D eigenvalue weighted by atomic mass is 31.1. The normalized spacial score (nSPS) is 20.9. The van der Waals surface area contributed by atoms with Crippen molar-refractivity contribution in [2.45, 2.75) is 12.6 Å². The zero-order chi connectivity index (χ0) is 11.7. The first kappa shape index (κ1) is 11.1. The van der Waals surface area contributed by atoms with E-state index in [0.717, 1.165) is 0 Å². The van der Waals surface area contributed by atoms with Gasteiger partial charge in [0.2, 0.25) is 5.95 Å². The number of anilines is 1. The third-order valence-corrected chi connectivity index (χ3v) is 2.86. The molecule has 8 nitrogen and oxygen atoms in total. The Morgan fingerprint density at radius 3 is 3.12 bits per heavy atom. The lowest BCUT2D eigenvalue weighted by molar-refractivity contribution is 0.0691. The molecule has 1 aromatic heterocycles. The summed E-state index contributed by atoms with van der Waals surface area (Å²) in [5, 5.41) is 14.2. The van der Waals surface area contributed by atoms with Gasteiger partial charge in [-0.2, -0.15) is 0 Å². The minimum Gasteiger partial charge on any atom is -0.476 e. The van der Waals surface area contributed by atoms with E-state index >= 15 is 0 Å². The first-order valence-corrected chi connectivity index (χ1v) is 5.99. The molecule has 1 aliphatic rings. The van der Waals surface area contributed by atoms with Crippen LogP contribution in [0, 0.1) is 0 Å². The van der Waals surface area contributed by atoms with Crippen LogP contribution in [0.4, 0.5) is 5.95 Å². The second-order valence-corrected chi connectivity index (χ2v) is 4.24. The van der Waals surface area contributed by atoms with Crippen molar-refractivity contribution in [2.75, 3.05) is 11.9 Å². The van der Waals surface area contributed by atoms with Gasteiger partial charge in [-0.1, -0.05) is 0 Å². The summed E-state index contributed by atoms with van der Waals surface area (Å²) >= 11 is 0. The smallest absolute Gasteiger partial charge is 0.356 e. The number of fused-ring (bicyclic) bond motifs is 1. The molecule has 0 spiro atoms. The number of nitrogens with zero attached hydrogens (tertiary/aromatic N) is 2. The zero-order valence-electron chi connectivity index (χ0n) is 8.17. The molecule has 1 aromatic rings. The van der Waals surface area contributed by atoms with Gasteiger partial charge in [-0.3, -0.25) is 4.57 Å². The minimum absolute atomic E-state index is 0.0891. The van der Waals surface area contributed by atoms with Gasteiger partial charge in [0.15, 0.2) is 5.69 Å². The van der Waals surface area contributed by atoms with Gasteiger partial charge in [0, 0.05) is 12.7 Å². The Kier molecular flexibility index (Phi) is 2.95. The molecule has 2 rings (SSSR count). The third kappa shape index (κ3) is 2.08. The monoisotopic (exact) mass is 246 g/mol. The molecule has 9 heteroatoms. The van der Waals surface area contributed by atoms with Crippen LogP contribution in [-0.2, 0) is 4.57 Å². The van der Waals surface area contributed by atoms with Gasteiger partial charge in [0.25, 0.3) is 8.18 Å². The van der Waals surface area contributed by atoms with E-state index in [-0.39, 0.29) is 5.69 Å². The number of hydrogen-bond acceptors (Lipinski definition) is 4. The Hall–Kier alpha value is -1.37. The number of imidazole rings is 1. The van der Waals surface area contributed by atoms with Crippen LogP contribution in [0.3, 0.4) is 0 Å². The fourth-order valence-corrected chi connectivity index (χ4v) is 2.18. The molecule has 0 fully saturated rings. The third-order valence-electron chi connectivity index (χ3n) is 2.28. The summed E-state index contributed by atoms with van der Waals surface area (Å²) in [5.74, 6) is -0.733. The lowest BCUT2D eigenvalue weighted by Gasteiger charge is -2.25. The molecule has 0 amide bonds. The number of nitrogens with one attached hydrogen (secondary N) is 2. The Morgan fingerprint density at radius 1 is 1.75 bits per heavy atom. The molecule has 2 unspecified atom stereocenters. The van der Waals surface area contributed by atoms with Crippen LogP contribution in [-0.4, -0.2) is 32.1 Å². The van der Waals surface area contributed by atoms with Gasteiger partial charge in [-0.15, -0.1) is 0 Å². The number of rotatable bonds is 3. The minimum atomic E-state index is -2.81. The van der Waals surface area contributed by atoms with Crippen molar-refractivity contribution in [1.82, 2.24) is 14.6 Å². The molecule has 0 bridgehead atoms. The quantitative estimate of drug-likeness (QED) is 0.549. The summed E-state index contributed by atoms with van der Waals surface area (Å²) < 4.78 is 12.2. The topological polar surface area (TPSA) is 116 Å². The van der Waals surface area contributed by atoms with Gasteiger partial charge < -0.3 is 19.9 Å². The van der Waals surface area contributed by atoms with Gasteiger partial charge >= 0.3 is 5.97 Å². The molecule has 0 saturated heterocycles. The van der Waals surface area contributed by atoms with Crippen molar-refractivity contribution in [3.63, 3.8) is 0 Å². The first-order chi connectivity index (χ1) is 7.58. The average molecular weight is 246 g/mol. The summed E-state index contributed by atoms with van der Waals surface area (Å²) in [6.45, 7) is 0.572. The van der Waals surface area contributed by atoms with E-state index in [1.54, 1.807) is 0 Å². The number of carbonyl (C=O) groups is 1. The van der Waals surface area contributed by atoms with E-state index in [1.807, 2.05) is 0 Å². The maximum atomic E-state index is 10.7. The molecule has 4 N–H and O–H groups in total. The second kappa shape index (κ2) is 4.25. The van der Waals surface area contributed by atoms with Crippen LogP contribution in [0.2, 0.25) is 0 Å². The molecule has 2 atom stereocenters. The molecule has 0 radical (unpaired) electrons. The Morgan fingerprint density at radius 2 is 2.50 bits per heavy atom. The fraction of sp³-hybridized carbons (Fsp3) is 0.429. The van der Waals surface area contributed by atoms with E-state index in [4.69, 9.17) is 10.00 Å². The number of carboxylic acids is 1. The van der Waals surface area contributed by atoms with Crippen molar-refractivity contribution in [3.05, 3.63) is 11.9 Å². The highest BCUT2D eigenvalue weighted by Crippen LogP contribution is 2.25. The number of aromatic nitrogens is 2. The van der Waals surface area contributed by atoms with Crippen molar-refractivity contribution < 1.29 is 19.4 Å². The molecule has 16 heavy (non-hydrogen) atoms. The van der Waals surface area contributed by atoms with Crippen LogP contribution in [0.1, 0.15) is 23.1 Å². The van der Waals surface area contributed by atoms with Gasteiger partial charge in [0.05, 0.1) is 6.17 Å². The van der Waals surface area contributed by atoms with Crippen molar-refractivity contribution >= 4 is 20.1 Å². The predicted octanol–water partition coefficient (Wildman–Crippen LogP) is -0.133. The summed E-state index contributed by atoms with van der Waals surface area (Å²) in [6, 6.07) is 0. The maximum Gasteiger partial charge on any atom is 0.356 e. The van der Waals surface area contributed by atoms with Crippen LogP contribution >= 0.6 is 8.18 Å². The Labute approximate surface area is 91.2 Å². The maximum absolute atomic E-state index is 10.7. The number of aromatic carboxylic acids is 1. The summed E-state index contributed by atoms with van der Waals surface area (Å²) in [4.78, 5) is 23.4. The van der Waals surface area contributed by atoms with E-state index in [1.165, 1.54) is 10.8 Å². The summed E-state index contributed by atoms with van der Waals surface area (Å²) in [6.07, 6.45) is 1.53. The van der Waals surface area contributed by atoms with Gasteiger partial charge in [0.1, 0.15) is 0 Å². The van der Waals surface area contributed by atoms with Crippen molar-refractivity contribution in [3.8, 4) is 0 Å². The van der Waals surface area contributed by atoms with Gasteiger partial charge in [-0.25, -0.2) is 14.9 Å². The molecule has 1 aliphatic heterocycles. The predicted molar refractivity (Wildman–Crippen MR) is 55.7 cm³/mol. The highest BCUT2D eigenvalue weighted by molar-refractivity contribution is 7.35. The first-order valence-electron chi connectivity index (χ1n) is 4.63. The summed E-state index contributed by atoms with van der Waals surface area (Å²) in [7, 11) is -2.81. The number of hydrogen-bond donors (Lipinski definition) is 4. The van der Waals surface area contributed by atoms with E-state index in [9.17, 15) is 9.36 Å². The lowest BCUT2D eigenvalue weighted by Crippen LogP contribution is -2.29. The molecule has 2 heterocycles. The van der Waals surface area contributed by atoms with E-state index in [0.29, 0.717) is 18.9 Å². The zero-order valence-corrected chi connectivity index (χ0v) is 9.17. The molecule has 88 valence electrons. The van der Waals surface area contributed by atoms with Crippen LogP contribution in [0.15, 0.2) is 6.20 Å². The van der Waals surface area contributed by atoms with Crippen LogP contribution in [0.5, 0.6) is 0 Å². The van der Waals surface area contributed by atoms with Crippen molar-refractivity contribution in [2.24, 2.45) is 0 Å². The molecule has 0 aromatic carbocycles. The number of carboxylic acid groups (broad SMARTS) is 1. The van der Waals surface area contributed by atoms with E-state index < -0.39 is 20.3 Å². The average Bonchev–Trinajstić information content (AvgIpc) is 2.61. The molecular formula is C7H11N4O4P. The fourth-order valence-electron chi connectivity index (χ4n) is 1.61. The Bertz CT molecular complexity index is 446. The standard InChI is InChI=1S/C7H11N4O4P/c12-6(13)4-3-11-5(10-16(14)15)1-2-8-7(11)9-4/h3,5,16H,1-2H2,(H,8,9)(H,12,13)(H2,10,14,15). The van der Waals surface area contributed by atoms with Crippen LogP contribution in [0.25, 0.3) is 0 Å². The second-order valence-electron chi connectivity index (χ2n) is 3.34. The lowest BCUT2D eigenvalue weighted by atomic mass is 10.3. The molecular weight excluding hydrogens is 235 g/mol. The van der Waals surface area contributed by atoms with E-state index in [2.05, 4.69) is 15.4 Å². The van der Waals surface area contributed by atoms with Crippen molar-refractivity contribution in [1.29, 1.82) is 0 Å². The highest BCUT2D eigenvalue weighted by Gasteiger charge is 2.23. The molecule has 0 saturated carbocycles. The molecule has 0 aliphatic carbocycles. The SMILES string of the molecule is O=C(O)c1cn2c(n1)NCCC2N[PH](=O)O. The van der Waals surface area contributed by atoms with Gasteiger partial charge in [-0.05, 0) is 6.42 Å². The van der Waals surface area contributed by atoms with Crippen LogP contribution < -0.4 is 10.4 Å². The Balaban J connectivity index is 2.30.